The average Bonchev–Trinajstić information content (AvgIpc) is 3.42. The Hall–Kier alpha value is -4.45. The normalized spacial score (nSPS) is 13.0. The van der Waals surface area contributed by atoms with Crippen LogP contribution in [0.1, 0.15) is 271 Å². The lowest BCUT2D eigenvalue weighted by Crippen LogP contribution is -2.30. The van der Waals surface area contributed by atoms with E-state index in [2.05, 4.69) is 154 Å². The molecule has 0 aliphatic rings. The third-order valence-electron chi connectivity index (χ3n) is 12.9. The van der Waals surface area contributed by atoms with Gasteiger partial charge in [-0.1, -0.05) is 251 Å². The van der Waals surface area contributed by atoms with Crippen molar-refractivity contribution in [2.24, 2.45) is 0 Å². The highest BCUT2D eigenvalue weighted by molar-refractivity contribution is 5.71. The van der Waals surface area contributed by atoms with Gasteiger partial charge < -0.3 is 14.2 Å². The molecule has 0 heterocycles. The minimum atomic E-state index is -0.806. The summed E-state index contributed by atoms with van der Waals surface area (Å²) in [5.74, 6) is -0.947. The van der Waals surface area contributed by atoms with Gasteiger partial charge in [0.05, 0.1) is 0 Å². The highest BCUT2D eigenvalue weighted by Gasteiger charge is 2.19. The van der Waals surface area contributed by atoms with Crippen LogP contribution in [0, 0.1) is 0 Å². The van der Waals surface area contributed by atoms with Gasteiger partial charge in [-0.15, -0.1) is 0 Å². The first-order valence-electron chi connectivity index (χ1n) is 31.2. The van der Waals surface area contributed by atoms with Gasteiger partial charge in [0.1, 0.15) is 13.2 Å². The van der Waals surface area contributed by atoms with Crippen LogP contribution in [0.5, 0.6) is 0 Å². The monoisotopic (exact) mass is 1050 g/mol. The number of unbranched alkanes of at least 4 members (excludes halogenated alkanes) is 22. The van der Waals surface area contributed by atoms with Crippen molar-refractivity contribution < 1.29 is 28.6 Å². The summed E-state index contributed by atoms with van der Waals surface area (Å²) in [4.78, 5) is 38.3. The first-order valence-corrected chi connectivity index (χ1v) is 31.2. The Labute approximate surface area is 468 Å². The predicted molar refractivity (Wildman–Crippen MR) is 329 cm³/mol. The maximum Gasteiger partial charge on any atom is 0.306 e. The highest BCUT2D eigenvalue weighted by Crippen LogP contribution is 2.14. The van der Waals surface area contributed by atoms with E-state index in [9.17, 15) is 14.4 Å². The Morgan fingerprint density at radius 2 is 0.513 bits per heavy atom. The molecule has 0 rings (SSSR count). The molecule has 6 nitrogen and oxygen atoms in total. The Balaban J connectivity index is 4.49. The molecule has 1 unspecified atom stereocenters. The van der Waals surface area contributed by atoms with Crippen LogP contribution in [-0.4, -0.2) is 37.2 Å². The number of hydrogen-bond acceptors (Lipinski definition) is 6. The molecule has 0 saturated carbocycles. The molecule has 0 aromatic rings. The molecule has 0 fully saturated rings. The molecule has 0 aromatic heterocycles. The van der Waals surface area contributed by atoms with E-state index in [4.69, 9.17) is 14.2 Å². The van der Waals surface area contributed by atoms with E-state index in [-0.39, 0.29) is 31.1 Å². The van der Waals surface area contributed by atoms with Crippen molar-refractivity contribution in [3.05, 3.63) is 134 Å². The van der Waals surface area contributed by atoms with E-state index in [1.54, 1.807) is 0 Å². The summed E-state index contributed by atoms with van der Waals surface area (Å²) in [5.41, 5.74) is 0. The number of ether oxygens (including phenoxy) is 3. The zero-order chi connectivity index (χ0) is 55.0. The lowest BCUT2D eigenvalue weighted by Gasteiger charge is -2.18. The van der Waals surface area contributed by atoms with Gasteiger partial charge in [0.15, 0.2) is 6.10 Å². The summed E-state index contributed by atoms with van der Waals surface area (Å²) in [6, 6.07) is 0. The zero-order valence-corrected chi connectivity index (χ0v) is 49.2. The van der Waals surface area contributed by atoms with Gasteiger partial charge in [-0.05, 0) is 135 Å². The molecule has 1 atom stereocenters. The average molecular weight is 1050 g/mol. The number of carbonyl (C=O) groups is 3. The fourth-order valence-corrected chi connectivity index (χ4v) is 8.25. The molecule has 0 aliphatic heterocycles. The molecule has 430 valence electrons. The van der Waals surface area contributed by atoms with Crippen molar-refractivity contribution in [1.82, 2.24) is 0 Å². The summed E-state index contributed by atoms with van der Waals surface area (Å²) in [7, 11) is 0. The lowest BCUT2D eigenvalue weighted by atomic mass is 10.1. The van der Waals surface area contributed by atoms with E-state index in [1.165, 1.54) is 70.6 Å². The minimum absolute atomic E-state index is 0.100. The molecule has 0 spiro atoms. The first-order chi connectivity index (χ1) is 37.5. The van der Waals surface area contributed by atoms with Crippen LogP contribution in [0.15, 0.2) is 134 Å². The number of carbonyl (C=O) groups excluding carboxylic acids is 3. The Morgan fingerprint density at radius 3 is 0.816 bits per heavy atom. The number of hydrogen-bond donors (Lipinski definition) is 0. The Kier molecular flexibility index (Phi) is 59.4. The van der Waals surface area contributed by atoms with E-state index < -0.39 is 6.10 Å². The Bertz CT molecular complexity index is 1630. The molecule has 0 bridgehead atoms. The van der Waals surface area contributed by atoms with Crippen molar-refractivity contribution >= 4 is 17.9 Å². The molecule has 0 aromatic carbocycles. The number of rotatable bonds is 55. The molecule has 0 aliphatic carbocycles. The van der Waals surface area contributed by atoms with Crippen LogP contribution in [0.4, 0.5) is 0 Å². The largest absolute Gasteiger partial charge is 0.462 e. The van der Waals surface area contributed by atoms with Gasteiger partial charge in [-0.25, -0.2) is 0 Å². The van der Waals surface area contributed by atoms with Crippen LogP contribution in [0.3, 0.4) is 0 Å². The fraction of sp³-hybridized carbons (Fsp3) is 0.643. The maximum absolute atomic E-state index is 12.9. The predicted octanol–water partition coefficient (Wildman–Crippen LogP) is 21.4. The molecule has 0 N–H and O–H groups in total. The van der Waals surface area contributed by atoms with Crippen molar-refractivity contribution in [2.75, 3.05) is 13.2 Å². The first kappa shape index (κ1) is 71.5. The lowest BCUT2D eigenvalue weighted by molar-refractivity contribution is -0.167. The van der Waals surface area contributed by atoms with Crippen LogP contribution in [-0.2, 0) is 28.6 Å². The number of allylic oxidation sites excluding steroid dienone is 22. The van der Waals surface area contributed by atoms with E-state index in [0.717, 1.165) is 161 Å². The standard InChI is InChI=1S/C70H114O6/c1-4-7-10-13-16-19-22-25-28-31-33-34-35-36-38-39-42-45-48-51-54-57-60-63-69(72)75-66-67(65-74-68(71)62-59-56-53-50-47-44-41-30-27-24-21-18-15-12-9-6-3)76-70(73)64-61-58-55-52-49-46-43-40-37-32-29-26-23-20-17-14-11-8-5-2/h7-8,10-11,16-17,19-20,25-26,28-30,33-34,36-38,40-42,45,67H,4-6,9,12-15,18,21-24,27,31-32,35,39,43-44,46-66H2,1-3H3/b10-7-,11-8-,19-16-,20-17-,28-25-,29-26-,34-33-,38-36-,40-37-,41-30-,45-42-. The van der Waals surface area contributed by atoms with Crippen LogP contribution < -0.4 is 0 Å². The van der Waals surface area contributed by atoms with E-state index >= 15 is 0 Å². The van der Waals surface area contributed by atoms with Gasteiger partial charge in [0.25, 0.3) is 0 Å². The maximum atomic E-state index is 12.9. The smallest absolute Gasteiger partial charge is 0.306 e. The quantitative estimate of drug-likeness (QED) is 0.0261. The van der Waals surface area contributed by atoms with Crippen molar-refractivity contribution in [3.8, 4) is 0 Å². The second-order valence-electron chi connectivity index (χ2n) is 20.2. The van der Waals surface area contributed by atoms with E-state index in [1.807, 2.05) is 0 Å². The molecule has 76 heavy (non-hydrogen) atoms. The summed E-state index contributed by atoms with van der Waals surface area (Å²) in [6.45, 7) is 6.38. The third kappa shape index (κ3) is 60.4. The highest BCUT2D eigenvalue weighted by atomic mass is 16.6. The second kappa shape index (κ2) is 63.1. The summed E-state index contributed by atoms with van der Waals surface area (Å²) >= 11 is 0. The Morgan fingerprint density at radius 1 is 0.276 bits per heavy atom. The van der Waals surface area contributed by atoms with Crippen molar-refractivity contribution in [1.29, 1.82) is 0 Å². The van der Waals surface area contributed by atoms with Crippen LogP contribution in [0.2, 0.25) is 0 Å². The molecular formula is C70H114O6. The number of esters is 3. The summed E-state index contributed by atoms with van der Waals surface area (Å²) in [6.07, 6.45) is 88.7. The van der Waals surface area contributed by atoms with Crippen molar-refractivity contribution in [3.63, 3.8) is 0 Å². The van der Waals surface area contributed by atoms with Gasteiger partial charge in [-0.3, -0.25) is 14.4 Å². The third-order valence-corrected chi connectivity index (χ3v) is 12.9. The molecule has 6 heteroatoms. The van der Waals surface area contributed by atoms with Gasteiger partial charge in [-0.2, -0.15) is 0 Å². The second-order valence-corrected chi connectivity index (χ2v) is 20.2. The molecular weight excluding hydrogens is 937 g/mol. The molecule has 0 radical (unpaired) electrons. The van der Waals surface area contributed by atoms with Gasteiger partial charge >= 0.3 is 17.9 Å². The fourth-order valence-electron chi connectivity index (χ4n) is 8.25. The van der Waals surface area contributed by atoms with Crippen LogP contribution in [0.25, 0.3) is 0 Å². The van der Waals surface area contributed by atoms with Crippen LogP contribution >= 0.6 is 0 Å². The van der Waals surface area contributed by atoms with E-state index in [0.29, 0.717) is 19.3 Å². The topological polar surface area (TPSA) is 78.9 Å². The van der Waals surface area contributed by atoms with Crippen molar-refractivity contribution in [2.45, 2.75) is 277 Å². The molecule has 0 amide bonds. The minimum Gasteiger partial charge on any atom is -0.462 e. The SMILES string of the molecule is CC/C=C\C/C=C\C/C=C\C/C=C\C/C=C\C/C=C\CCCCCCC(=O)OCC(COC(=O)CCCCCCC/C=C\CCCCCCCCC)OC(=O)CCCCCCCC/C=C\C/C=C\C/C=C\C/C=C\CC. The van der Waals surface area contributed by atoms with Gasteiger partial charge in [0, 0.05) is 19.3 Å². The molecule has 0 saturated heterocycles. The van der Waals surface area contributed by atoms with Gasteiger partial charge in [0.2, 0.25) is 0 Å². The summed E-state index contributed by atoms with van der Waals surface area (Å²) < 4.78 is 16.9. The summed E-state index contributed by atoms with van der Waals surface area (Å²) in [5, 5.41) is 0. The zero-order valence-electron chi connectivity index (χ0n) is 49.2.